The molecule has 0 unspecified atom stereocenters. The number of allylic oxidation sites excluding steroid dienone is 2. The van der Waals surface area contributed by atoms with Gasteiger partial charge in [-0.2, -0.15) is 0 Å². The van der Waals surface area contributed by atoms with E-state index in [0.717, 1.165) is 42.6 Å². The standard InChI is InChI=1S/C13H14O2.2C2H6/c1-10-4-5-12-11(6-7-14)3-2-8-15-13(12)9-10;2*1-2/h4-7,9H,2-3,8H2,1H3;2*1-2H3/b11-6+;;. The Morgan fingerprint density at radius 1 is 1.16 bits per heavy atom. The largest absolute Gasteiger partial charge is 0.493 e. The number of benzene rings is 1. The van der Waals surface area contributed by atoms with Crippen LogP contribution in [0.3, 0.4) is 0 Å². The zero-order chi connectivity index (χ0) is 14.7. The van der Waals surface area contributed by atoms with E-state index in [1.54, 1.807) is 6.08 Å². The van der Waals surface area contributed by atoms with Crippen LogP contribution in [0, 0.1) is 6.92 Å². The quantitative estimate of drug-likeness (QED) is 0.536. The second-order valence-electron chi connectivity index (χ2n) is 3.78. The first-order valence-corrected chi connectivity index (χ1v) is 7.19. The second kappa shape index (κ2) is 10.4. The van der Waals surface area contributed by atoms with Crippen LogP contribution in [0.1, 0.15) is 51.7 Å². The fraction of sp³-hybridized carbons (Fsp3) is 0.471. The number of hydrogen-bond donors (Lipinski definition) is 0. The summed E-state index contributed by atoms with van der Waals surface area (Å²) in [6, 6.07) is 6.11. The van der Waals surface area contributed by atoms with Crippen molar-refractivity contribution in [1.29, 1.82) is 0 Å². The first-order valence-electron chi connectivity index (χ1n) is 7.19. The van der Waals surface area contributed by atoms with Crippen LogP contribution in [0.2, 0.25) is 0 Å². The van der Waals surface area contributed by atoms with Gasteiger partial charge in [-0.1, -0.05) is 39.8 Å². The van der Waals surface area contributed by atoms with Crippen LogP contribution >= 0.6 is 0 Å². The lowest BCUT2D eigenvalue weighted by atomic mass is 10.00. The predicted octanol–water partition coefficient (Wildman–Crippen LogP) is 4.80. The fourth-order valence-corrected chi connectivity index (χ4v) is 1.85. The maximum Gasteiger partial charge on any atom is 0.143 e. The first-order chi connectivity index (χ1) is 9.31. The minimum atomic E-state index is 0.729. The van der Waals surface area contributed by atoms with Crippen molar-refractivity contribution in [3.05, 3.63) is 35.4 Å². The maximum absolute atomic E-state index is 10.5. The average Bonchev–Trinajstić information content (AvgIpc) is 2.66. The van der Waals surface area contributed by atoms with Crippen molar-refractivity contribution in [2.24, 2.45) is 0 Å². The number of hydrogen-bond acceptors (Lipinski definition) is 2. The molecule has 0 saturated heterocycles. The SMILES string of the molecule is CC.CC.Cc1ccc2c(c1)OCCC/C2=C\C=O. The maximum atomic E-state index is 10.5. The van der Waals surface area contributed by atoms with Crippen molar-refractivity contribution in [3.63, 3.8) is 0 Å². The third kappa shape index (κ3) is 5.29. The monoisotopic (exact) mass is 262 g/mol. The Bertz CT molecular complexity index is 406. The number of fused-ring (bicyclic) bond motifs is 1. The van der Waals surface area contributed by atoms with Crippen molar-refractivity contribution in [2.45, 2.75) is 47.5 Å². The minimum absolute atomic E-state index is 0.729. The summed E-state index contributed by atoms with van der Waals surface area (Å²) in [6.45, 7) is 10.8. The minimum Gasteiger partial charge on any atom is -0.493 e. The number of ether oxygens (including phenoxy) is 1. The molecule has 19 heavy (non-hydrogen) atoms. The van der Waals surface area contributed by atoms with E-state index in [-0.39, 0.29) is 0 Å². The van der Waals surface area contributed by atoms with Gasteiger partial charge in [0.15, 0.2) is 0 Å². The molecule has 0 radical (unpaired) electrons. The Kier molecular flexibility index (Phi) is 9.51. The summed E-state index contributed by atoms with van der Waals surface area (Å²) in [4.78, 5) is 10.5. The van der Waals surface area contributed by atoms with E-state index in [0.29, 0.717) is 0 Å². The molecule has 0 fully saturated rings. The van der Waals surface area contributed by atoms with Crippen LogP contribution in [0.5, 0.6) is 5.75 Å². The van der Waals surface area contributed by atoms with Crippen LogP contribution in [0.4, 0.5) is 0 Å². The van der Waals surface area contributed by atoms with Gasteiger partial charge >= 0.3 is 0 Å². The molecule has 0 aliphatic carbocycles. The molecular weight excluding hydrogens is 236 g/mol. The zero-order valence-corrected chi connectivity index (χ0v) is 12.8. The molecule has 0 N–H and O–H groups in total. The lowest BCUT2D eigenvalue weighted by Crippen LogP contribution is -1.94. The van der Waals surface area contributed by atoms with Crippen LogP contribution in [0.15, 0.2) is 24.3 Å². The van der Waals surface area contributed by atoms with E-state index in [4.69, 9.17) is 4.74 Å². The van der Waals surface area contributed by atoms with Crippen LogP contribution in [0.25, 0.3) is 5.57 Å². The molecule has 0 saturated carbocycles. The van der Waals surface area contributed by atoms with Crippen molar-refractivity contribution in [2.75, 3.05) is 6.61 Å². The van der Waals surface area contributed by atoms with E-state index in [9.17, 15) is 4.79 Å². The van der Waals surface area contributed by atoms with E-state index in [2.05, 4.69) is 0 Å². The highest BCUT2D eigenvalue weighted by Crippen LogP contribution is 2.32. The van der Waals surface area contributed by atoms with Gasteiger partial charge in [0.25, 0.3) is 0 Å². The van der Waals surface area contributed by atoms with Crippen LogP contribution in [-0.2, 0) is 4.79 Å². The van der Waals surface area contributed by atoms with Crippen molar-refractivity contribution in [1.82, 2.24) is 0 Å². The topological polar surface area (TPSA) is 26.3 Å². The Morgan fingerprint density at radius 3 is 2.47 bits per heavy atom. The Hall–Kier alpha value is -1.57. The molecule has 0 amide bonds. The highest BCUT2D eigenvalue weighted by molar-refractivity contribution is 5.83. The predicted molar refractivity (Wildman–Crippen MR) is 82.6 cm³/mol. The molecule has 2 rings (SSSR count). The Morgan fingerprint density at radius 2 is 1.84 bits per heavy atom. The van der Waals surface area contributed by atoms with Crippen molar-refractivity contribution in [3.8, 4) is 5.75 Å². The van der Waals surface area contributed by atoms with Gasteiger partial charge in [-0.3, -0.25) is 4.79 Å². The third-order valence-electron chi connectivity index (χ3n) is 2.60. The van der Waals surface area contributed by atoms with Gasteiger partial charge in [0, 0.05) is 5.56 Å². The van der Waals surface area contributed by atoms with Gasteiger partial charge in [0.05, 0.1) is 6.61 Å². The van der Waals surface area contributed by atoms with E-state index < -0.39 is 0 Å². The number of carbonyl (C=O) groups is 1. The summed E-state index contributed by atoms with van der Waals surface area (Å²) in [5, 5.41) is 0. The zero-order valence-electron chi connectivity index (χ0n) is 12.8. The van der Waals surface area contributed by atoms with Crippen molar-refractivity contribution >= 4 is 11.9 Å². The molecule has 2 heteroatoms. The highest BCUT2D eigenvalue weighted by Gasteiger charge is 2.12. The van der Waals surface area contributed by atoms with E-state index in [1.807, 2.05) is 52.8 Å². The number of rotatable bonds is 1. The lowest BCUT2D eigenvalue weighted by molar-refractivity contribution is -0.104. The molecule has 0 aromatic heterocycles. The summed E-state index contributed by atoms with van der Waals surface area (Å²) in [6.07, 6.45) is 4.37. The first kappa shape index (κ1) is 17.4. The van der Waals surface area contributed by atoms with Crippen LogP contribution in [-0.4, -0.2) is 12.9 Å². The molecule has 1 aromatic carbocycles. The van der Waals surface area contributed by atoms with Gasteiger partial charge in [0.2, 0.25) is 0 Å². The van der Waals surface area contributed by atoms with Gasteiger partial charge in [-0.25, -0.2) is 0 Å². The summed E-state index contributed by atoms with van der Waals surface area (Å²) in [5.74, 6) is 0.903. The smallest absolute Gasteiger partial charge is 0.143 e. The highest BCUT2D eigenvalue weighted by atomic mass is 16.5. The van der Waals surface area contributed by atoms with Crippen molar-refractivity contribution < 1.29 is 9.53 Å². The molecular formula is C17H26O2. The average molecular weight is 262 g/mol. The van der Waals surface area contributed by atoms with E-state index in [1.165, 1.54) is 5.56 Å². The van der Waals surface area contributed by atoms with Gasteiger partial charge in [0.1, 0.15) is 12.0 Å². The van der Waals surface area contributed by atoms with Gasteiger partial charge in [-0.15, -0.1) is 0 Å². The molecule has 106 valence electrons. The molecule has 1 aliphatic rings. The fourth-order valence-electron chi connectivity index (χ4n) is 1.85. The molecule has 1 heterocycles. The second-order valence-corrected chi connectivity index (χ2v) is 3.78. The molecule has 2 nitrogen and oxygen atoms in total. The molecule has 0 atom stereocenters. The van der Waals surface area contributed by atoms with E-state index >= 15 is 0 Å². The van der Waals surface area contributed by atoms with Gasteiger partial charge < -0.3 is 4.74 Å². The number of aryl methyl sites for hydroxylation is 1. The molecule has 1 aromatic rings. The Labute approximate surface area is 117 Å². The summed E-state index contributed by atoms with van der Waals surface area (Å²) < 4.78 is 5.65. The number of carbonyl (C=O) groups excluding carboxylic acids is 1. The normalized spacial score (nSPS) is 14.7. The molecule has 0 spiro atoms. The van der Waals surface area contributed by atoms with Crippen LogP contribution < -0.4 is 4.74 Å². The number of aldehydes is 1. The molecule has 0 bridgehead atoms. The van der Waals surface area contributed by atoms with Gasteiger partial charge in [-0.05, 0) is 43.0 Å². The molecule has 1 aliphatic heterocycles. The Balaban J connectivity index is 0.000000741. The third-order valence-corrected chi connectivity index (χ3v) is 2.60. The summed E-state index contributed by atoms with van der Waals surface area (Å²) in [5.41, 5.74) is 3.32. The lowest BCUT2D eigenvalue weighted by Gasteiger charge is -2.08. The summed E-state index contributed by atoms with van der Waals surface area (Å²) in [7, 11) is 0. The summed E-state index contributed by atoms with van der Waals surface area (Å²) >= 11 is 0.